The highest BCUT2D eigenvalue weighted by Crippen LogP contribution is 2.19. The zero-order valence-electron chi connectivity index (χ0n) is 9.95. The third-order valence-electron chi connectivity index (χ3n) is 2.53. The Bertz CT molecular complexity index is 314. The summed E-state index contributed by atoms with van der Waals surface area (Å²) < 4.78 is 1.98. The van der Waals surface area contributed by atoms with Crippen molar-refractivity contribution in [3.8, 4) is 0 Å². The number of aryl methyl sites for hydroxylation is 1. The molecule has 1 N–H and O–H groups in total. The average molecular weight is 207 g/mol. The van der Waals surface area contributed by atoms with Crippen LogP contribution in [0.5, 0.6) is 0 Å². The average Bonchev–Trinajstić information content (AvgIpc) is 2.64. The molecule has 1 aromatic rings. The fourth-order valence-corrected chi connectivity index (χ4v) is 1.57. The number of hydrogen-bond donors (Lipinski definition) is 1. The molecular weight excluding hydrogens is 186 g/mol. The van der Waals surface area contributed by atoms with E-state index in [4.69, 9.17) is 0 Å². The third-order valence-corrected chi connectivity index (χ3v) is 2.53. The predicted octanol–water partition coefficient (Wildman–Crippen LogP) is 2.43. The molecule has 0 saturated carbocycles. The van der Waals surface area contributed by atoms with Crippen molar-refractivity contribution in [3.05, 3.63) is 30.4 Å². The van der Waals surface area contributed by atoms with Crippen molar-refractivity contribution in [2.24, 2.45) is 7.05 Å². The van der Waals surface area contributed by atoms with E-state index in [0.717, 1.165) is 25.1 Å². The molecule has 0 saturated heterocycles. The summed E-state index contributed by atoms with van der Waals surface area (Å²) in [6.07, 6.45) is 5.92. The second kappa shape index (κ2) is 5.71. The molecule has 0 spiro atoms. The Morgan fingerprint density at radius 1 is 1.60 bits per heavy atom. The van der Waals surface area contributed by atoms with Crippen LogP contribution in [0.4, 0.5) is 0 Å². The van der Waals surface area contributed by atoms with Crippen molar-refractivity contribution in [2.75, 3.05) is 6.54 Å². The molecule has 0 radical (unpaired) electrons. The van der Waals surface area contributed by atoms with Gasteiger partial charge in [0.05, 0.1) is 18.1 Å². The highest BCUT2D eigenvalue weighted by atomic mass is 15.0. The van der Waals surface area contributed by atoms with Crippen LogP contribution in [0.3, 0.4) is 0 Å². The summed E-state index contributed by atoms with van der Waals surface area (Å²) in [6.45, 7) is 9.27. The maximum Gasteiger partial charge on any atom is 0.0947 e. The fraction of sp³-hybridized carbons (Fsp3) is 0.583. The lowest BCUT2D eigenvalue weighted by Crippen LogP contribution is -2.21. The van der Waals surface area contributed by atoms with Crippen molar-refractivity contribution < 1.29 is 0 Å². The first kappa shape index (κ1) is 12.0. The van der Waals surface area contributed by atoms with Gasteiger partial charge in [-0.1, -0.05) is 26.0 Å². The molecule has 0 amide bonds. The van der Waals surface area contributed by atoms with Crippen LogP contribution in [0.15, 0.2) is 24.7 Å². The van der Waals surface area contributed by atoms with Gasteiger partial charge in [-0.15, -0.1) is 0 Å². The summed E-state index contributed by atoms with van der Waals surface area (Å²) in [5, 5.41) is 3.44. The molecule has 0 aliphatic rings. The van der Waals surface area contributed by atoms with Crippen molar-refractivity contribution in [3.63, 3.8) is 0 Å². The Hall–Kier alpha value is -1.09. The van der Waals surface area contributed by atoms with E-state index in [2.05, 4.69) is 36.9 Å². The Balaban J connectivity index is 2.69. The topological polar surface area (TPSA) is 29.9 Å². The first-order chi connectivity index (χ1) is 7.17. The van der Waals surface area contributed by atoms with E-state index in [1.807, 2.05) is 17.9 Å². The molecule has 1 aromatic heterocycles. The van der Waals surface area contributed by atoms with E-state index in [1.165, 1.54) is 5.57 Å². The monoisotopic (exact) mass is 207 g/mol. The van der Waals surface area contributed by atoms with E-state index in [1.54, 1.807) is 0 Å². The lowest BCUT2D eigenvalue weighted by Gasteiger charge is -2.16. The largest absolute Gasteiger partial charge is 0.340 e. The first-order valence-corrected chi connectivity index (χ1v) is 5.55. The SMILES string of the molecule is C=C(CC)CC(NCC)c1cn(C)cn1. The predicted molar refractivity (Wildman–Crippen MR) is 63.7 cm³/mol. The molecule has 1 unspecified atom stereocenters. The van der Waals surface area contributed by atoms with E-state index in [9.17, 15) is 0 Å². The summed E-state index contributed by atoms with van der Waals surface area (Å²) in [5.74, 6) is 0. The van der Waals surface area contributed by atoms with Crippen LogP contribution in [0.25, 0.3) is 0 Å². The van der Waals surface area contributed by atoms with Crippen molar-refractivity contribution in [1.82, 2.24) is 14.9 Å². The second-order valence-electron chi connectivity index (χ2n) is 3.88. The van der Waals surface area contributed by atoms with Crippen molar-refractivity contribution in [1.29, 1.82) is 0 Å². The Morgan fingerprint density at radius 3 is 2.80 bits per heavy atom. The molecule has 0 aliphatic carbocycles. The molecule has 0 bridgehead atoms. The summed E-state index contributed by atoms with van der Waals surface area (Å²) in [7, 11) is 1.99. The lowest BCUT2D eigenvalue weighted by atomic mass is 10.0. The molecule has 0 fully saturated rings. The number of hydrogen-bond acceptors (Lipinski definition) is 2. The number of rotatable bonds is 6. The smallest absolute Gasteiger partial charge is 0.0947 e. The van der Waals surface area contributed by atoms with E-state index >= 15 is 0 Å². The molecule has 3 nitrogen and oxygen atoms in total. The minimum Gasteiger partial charge on any atom is -0.340 e. The second-order valence-corrected chi connectivity index (χ2v) is 3.88. The van der Waals surface area contributed by atoms with Gasteiger partial charge in [-0.25, -0.2) is 4.98 Å². The highest BCUT2D eigenvalue weighted by Gasteiger charge is 2.13. The molecular formula is C12H21N3. The van der Waals surface area contributed by atoms with Gasteiger partial charge in [0, 0.05) is 13.2 Å². The summed E-state index contributed by atoms with van der Waals surface area (Å²) in [4.78, 5) is 4.38. The zero-order chi connectivity index (χ0) is 11.3. The fourth-order valence-electron chi connectivity index (χ4n) is 1.57. The van der Waals surface area contributed by atoms with Crippen LogP contribution in [-0.2, 0) is 7.05 Å². The number of imidazole rings is 1. The molecule has 1 rings (SSSR count). The number of nitrogens with zero attached hydrogens (tertiary/aromatic N) is 2. The van der Waals surface area contributed by atoms with E-state index < -0.39 is 0 Å². The molecule has 0 aromatic carbocycles. The van der Waals surface area contributed by atoms with Crippen LogP contribution in [-0.4, -0.2) is 16.1 Å². The van der Waals surface area contributed by atoms with Gasteiger partial charge in [-0.05, 0) is 19.4 Å². The number of nitrogens with one attached hydrogen (secondary N) is 1. The van der Waals surface area contributed by atoms with Gasteiger partial charge in [0.25, 0.3) is 0 Å². The van der Waals surface area contributed by atoms with Crippen molar-refractivity contribution >= 4 is 0 Å². The van der Waals surface area contributed by atoms with Crippen LogP contribution >= 0.6 is 0 Å². The van der Waals surface area contributed by atoms with Crippen LogP contribution in [0.2, 0.25) is 0 Å². The van der Waals surface area contributed by atoms with Gasteiger partial charge in [-0.3, -0.25) is 0 Å². The first-order valence-electron chi connectivity index (χ1n) is 5.55. The quantitative estimate of drug-likeness (QED) is 0.726. The maximum absolute atomic E-state index is 4.38. The van der Waals surface area contributed by atoms with Gasteiger partial charge in [0.2, 0.25) is 0 Å². The van der Waals surface area contributed by atoms with Crippen LogP contribution in [0, 0.1) is 0 Å². The number of aromatic nitrogens is 2. The van der Waals surface area contributed by atoms with Gasteiger partial charge in [-0.2, -0.15) is 0 Å². The Labute approximate surface area is 92.2 Å². The van der Waals surface area contributed by atoms with Gasteiger partial charge in [0.1, 0.15) is 0 Å². The van der Waals surface area contributed by atoms with Gasteiger partial charge < -0.3 is 9.88 Å². The summed E-state index contributed by atoms with van der Waals surface area (Å²) in [5.41, 5.74) is 2.38. The van der Waals surface area contributed by atoms with E-state index in [0.29, 0.717) is 6.04 Å². The standard InChI is InChI=1S/C12H21N3/c1-5-10(3)7-11(13-6-2)12-8-15(4)9-14-12/h8-9,11,13H,3,5-7H2,1-2,4H3. The third kappa shape index (κ3) is 3.51. The molecule has 0 aliphatic heterocycles. The highest BCUT2D eigenvalue weighted by molar-refractivity contribution is 5.09. The van der Waals surface area contributed by atoms with Crippen LogP contribution in [0.1, 0.15) is 38.4 Å². The molecule has 84 valence electrons. The van der Waals surface area contributed by atoms with Gasteiger partial charge in [0.15, 0.2) is 0 Å². The Kier molecular flexibility index (Phi) is 4.56. The summed E-state index contributed by atoms with van der Waals surface area (Å²) in [6, 6.07) is 0.309. The molecule has 1 heterocycles. The maximum atomic E-state index is 4.38. The lowest BCUT2D eigenvalue weighted by molar-refractivity contribution is 0.532. The van der Waals surface area contributed by atoms with E-state index in [-0.39, 0.29) is 0 Å². The van der Waals surface area contributed by atoms with Crippen molar-refractivity contribution in [2.45, 2.75) is 32.7 Å². The Morgan fingerprint density at radius 2 is 2.33 bits per heavy atom. The minimum absolute atomic E-state index is 0.309. The van der Waals surface area contributed by atoms with Gasteiger partial charge >= 0.3 is 0 Å². The minimum atomic E-state index is 0.309. The molecule has 1 atom stereocenters. The summed E-state index contributed by atoms with van der Waals surface area (Å²) >= 11 is 0. The molecule has 3 heteroatoms. The normalized spacial score (nSPS) is 12.7. The van der Waals surface area contributed by atoms with Crippen LogP contribution < -0.4 is 5.32 Å². The zero-order valence-corrected chi connectivity index (χ0v) is 9.95. The molecule has 15 heavy (non-hydrogen) atoms.